The Morgan fingerprint density at radius 3 is 2.50 bits per heavy atom. The first kappa shape index (κ1) is 27.0. The molecule has 3 N–H and O–H groups in total. The molecular weight excluding hydrogens is 500 g/mol. The number of anilines is 2. The third-order valence-electron chi connectivity index (χ3n) is 6.22. The van der Waals surface area contributed by atoms with Gasteiger partial charge in [0.25, 0.3) is 5.91 Å². The number of aryl methyl sites for hydroxylation is 1. The maximum Gasteiger partial charge on any atom is 0.416 e. The summed E-state index contributed by atoms with van der Waals surface area (Å²) < 4.78 is 55.2. The number of carbonyl (C=O) groups is 1. The Morgan fingerprint density at radius 1 is 1.08 bits per heavy atom. The molecule has 4 rings (SSSR count). The molecule has 38 heavy (non-hydrogen) atoms. The second-order valence-corrected chi connectivity index (χ2v) is 9.10. The third kappa shape index (κ3) is 6.65. The quantitative estimate of drug-likeness (QED) is 0.396. The summed E-state index contributed by atoms with van der Waals surface area (Å²) in [5.41, 5.74) is 6.06. The molecule has 0 atom stereocenters. The standard InChI is InChI=1S/C27H26F4N6O/c1-17-19(4-3-18-11-24(28)25(32)34-14-18)12-21(15-33-17)26(38)35-22-6-5-20(23(13-22)27(29,30)31)16-37-9-7-36(2)8-10-37/h5-6,11-15H,7-10,16H2,1-2H3,(H2,32,34)(H,35,38). The Balaban J connectivity index is 1.53. The van der Waals surface area contributed by atoms with Gasteiger partial charge in [0.2, 0.25) is 0 Å². The number of amides is 1. The van der Waals surface area contributed by atoms with Crippen molar-refractivity contribution in [1.82, 2.24) is 19.8 Å². The molecule has 1 aliphatic heterocycles. The monoisotopic (exact) mass is 526 g/mol. The molecule has 198 valence electrons. The molecule has 0 spiro atoms. The zero-order valence-corrected chi connectivity index (χ0v) is 20.9. The number of likely N-dealkylation sites (N-methyl/N-ethyl adjacent to an activating group) is 1. The van der Waals surface area contributed by atoms with E-state index in [1.165, 1.54) is 30.6 Å². The van der Waals surface area contributed by atoms with Crippen LogP contribution < -0.4 is 11.1 Å². The van der Waals surface area contributed by atoms with Gasteiger partial charge in [-0.1, -0.05) is 17.9 Å². The topological polar surface area (TPSA) is 87.4 Å². The molecular formula is C27H26F4N6O. The van der Waals surface area contributed by atoms with Gasteiger partial charge in [-0.05, 0) is 43.8 Å². The van der Waals surface area contributed by atoms with Crippen molar-refractivity contribution in [2.24, 2.45) is 0 Å². The number of aromatic nitrogens is 2. The van der Waals surface area contributed by atoms with Gasteiger partial charge in [0, 0.05) is 61.9 Å². The Labute approximate surface area is 217 Å². The van der Waals surface area contributed by atoms with Crippen LogP contribution in [-0.4, -0.2) is 58.9 Å². The number of nitrogens with two attached hydrogens (primary N) is 1. The maximum absolute atomic E-state index is 13.9. The second-order valence-electron chi connectivity index (χ2n) is 9.10. The lowest BCUT2D eigenvalue weighted by Gasteiger charge is -2.33. The smallest absolute Gasteiger partial charge is 0.381 e. The number of hydrogen-bond donors (Lipinski definition) is 2. The van der Waals surface area contributed by atoms with Gasteiger partial charge in [-0.25, -0.2) is 9.37 Å². The molecule has 1 saturated heterocycles. The lowest BCUT2D eigenvalue weighted by atomic mass is 10.0. The average molecular weight is 527 g/mol. The number of nitrogens with one attached hydrogen (secondary N) is 1. The molecule has 11 heteroatoms. The molecule has 3 heterocycles. The SMILES string of the molecule is Cc1ncc(C(=O)Nc2ccc(CN3CCN(C)CC3)c(C(F)(F)F)c2)cc1C#Cc1cnc(N)c(F)c1. The van der Waals surface area contributed by atoms with Crippen molar-refractivity contribution in [2.45, 2.75) is 19.6 Å². The maximum atomic E-state index is 13.9. The van der Waals surface area contributed by atoms with E-state index in [9.17, 15) is 22.4 Å². The predicted molar refractivity (Wildman–Crippen MR) is 136 cm³/mol. The van der Waals surface area contributed by atoms with E-state index in [1.807, 2.05) is 11.9 Å². The van der Waals surface area contributed by atoms with Crippen LogP contribution in [0.2, 0.25) is 0 Å². The molecule has 2 aromatic heterocycles. The number of alkyl halides is 3. The number of benzene rings is 1. The van der Waals surface area contributed by atoms with Crippen LogP contribution in [0.4, 0.5) is 29.1 Å². The molecule has 1 aliphatic rings. The van der Waals surface area contributed by atoms with E-state index in [0.29, 0.717) is 24.3 Å². The van der Waals surface area contributed by atoms with Crippen LogP contribution in [0.15, 0.2) is 42.7 Å². The highest BCUT2D eigenvalue weighted by atomic mass is 19.4. The van der Waals surface area contributed by atoms with Crippen LogP contribution in [0.5, 0.6) is 0 Å². The fourth-order valence-corrected chi connectivity index (χ4v) is 3.95. The van der Waals surface area contributed by atoms with Gasteiger partial charge >= 0.3 is 6.18 Å². The highest BCUT2D eigenvalue weighted by Crippen LogP contribution is 2.34. The van der Waals surface area contributed by atoms with Crippen molar-refractivity contribution in [1.29, 1.82) is 0 Å². The highest BCUT2D eigenvalue weighted by Gasteiger charge is 2.34. The van der Waals surface area contributed by atoms with Crippen molar-refractivity contribution in [2.75, 3.05) is 44.3 Å². The van der Waals surface area contributed by atoms with E-state index in [-0.39, 0.29) is 34.7 Å². The fraction of sp³-hybridized carbons (Fsp3) is 0.296. The molecule has 0 aliphatic carbocycles. The van der Waals surface area contributed by atoms with Crippen LogP contribution in [0.1, 0.15) is 38.3 Å². The lowest BCUT2D eigenvalue weighted by molar-refractivity contribution is -0.138. The summed E-state index contributed by atoms with van der Waals surface area (Å²) in [6.07, 6.45) is -1.95. The van der Waals surface area contributed by atoms with Gasteiger partial charge in [-0.2, -0.15) is 13.2 Å². The molecule has 1 fully saturated rings. The molecule has 1 aromatic carbocycles. The van der Waals surface area contributed by atoms with Crippen LogP contribution in [0.3, 0.4) is 0 Å². The molecule has 0 radical (unpaired) electrons. The zero-order chi connectivity index (χ0) is 27.4. The van der Waals surface area contributed by atoms with Crippen LogP contribution in [0.25, 0.3) is 0 Å². The summed E-state index contributed by atoms with van der Waals surface area (Å²) in [6, 6.07) is 6.43. The Hall–Kier alpha value is -4.01. The van der Waals surface area contributed by atoms with Gasteiger partial charge in [-0.3, -0.25) is 14.7 Å². The molecule has 3 aromatic rings. The minimum atomic E-state index is -4.58. The van der Waals surface area contributed by atoms with E-state index >= 15 is 0 Å². The summed E-state index contributed by atoms with van der Waals surface area (Å²) in [5, 5.41) is 2.52. The normalized spacial score (nSPS) is 14.6. The van der Waals surface area contributed by atoms with Crippen LogP contribution in [-0.2, 0) is 12.7 Å². The van der Waals surface area contributed by atoms with Gasteiger partial charge < -0.3 is 16.0 Å². The predicted octanol–water partition coefficient (Wildman–Crippen LogP) is 3.92. The van der Waals surface area contributed by atoms with Gasteiger partial charge in [0.15, 0.2) is 11.6 Å². The number of nitrogens with zero attached hydrogens (tertiary/aromatic N) is 4. The number of pyridine rings is 2. The summed E-state index contributed by atoms with van der Waals surface area (Å²) in [5.74, 6) is 3.97. The fourth-order valence-electron chi connectivity index (χ4n) is 3.95. The first-order chi connectivity index (χ1) is 18.0. The van der Waals surface area contributed by atoms with Gasteiger partial charge in [-0.15, -0.1) is 0 Å². The molecule has 0 saturated carbocycles. The number of hydrogen-bond acceptors (Lipinski definition) is 6. The Morgan fingerprint density at radius 2 is 1.82 bits per heavy atom. The number of halogens is 4. The van der Waals surface area contributed by atoms with Gasteiger partial charge in [0.1, 0.15) is 0 Å². The van der Waals surface area contributed by atoms with Crippen molar-refractivity contribution in [3.8, 4) is 11.8 Å². The van der Waals surface area contributed by atoms with E-state index in [2.05, 4.69) is 32.0 Å². The first-order valence-electron chi connectivity index (χ1n) is 11.8. The number of nitrogen functional groups attached to an aromatic ring is 1. The summed E-state index contributed by atoms with van der Waals surface area (Å²) in [7, 11) is 1.98. The summed E-state index contributed by atoms with van der Waals surface area (Å²) in [4.78, 5) is 24.8. The highest BCUT2D eigenvalue weighted by molar-refractivity contribution is 6.04. The van der Waals surface area contributed by atoms with E-state index in [1.54, 1.807) is 6.92 Å². The second kappa shape index (κ2) is 11.2. The van der Waals surface area contributed by atoms with Crippen LogP contribution >= 0.6 is 0 Å². The zero-order valence-electron chi connectivity index (χ0n) is 20.9. The van der Waals surface area contributed by atoms with Crippen molar-refractivity contribution in [3.63, 3.8) is 0 Å². The van der Waals surface area contributed by atoms with Crippen molar-refractivity contribution in [3.05, 3.63) is 82.1 Å². The molecule has 1 amide bonds. The van der Waals surface area contributed by atoms with E-state index in [0.717, 1.165) is 25.2 Å². The largest absolute Gasteiger partial charge is 0.416 e. The van der Waals surface area contributed by atoms with Gasteiger partial charge in [0.05, 0.1) is 16.8 Å². The number of piperazine rings is 1. The minimum Gasteiger partial charge on any atom is -0.381 e. The molecule has 7 nitrogen and oxygen atoms in total. The first-order valence-corrected chi connectivity index (χ1v) is 11.8. The van der Waals surface area contributed by atoms with Crippen molar-refractivity contribution >= 4 is 17.4 Å². The Bertz CT molecular complexity index is 1400. The van der Waals surface area contributed by atoms with Crippen LogP contribution in [0, 0.1) is 24.6 Å². The molecule has 0 bridgehead atoms. The third-order valence-corrected chi connectivity index (χ3v) is 6.22. The van der Waals surface area contributed by atoms with Crippen molar-refractivity contribution < 1.29 is 22.4 Å². The molecule has 0 unspecified atom stereocenters. The number of carbonyl (C=O) groups excluding carboxylic acids is 1. The Kier molecular flexibility index (Phi) is 7.94. The van der Waals surface area contributed by atoms with E-state index in [4.69, 9.17) is 5.73 Å². The summed E-state index contributed by atoms with van der Waals surface area (Å²) in [6.45, 7) is 4.81. The van der Waals surface area contributed by atoms with E-state index < -0.39 is 23.5 Å². The summed E-state index contributed by atoms with van der Waals surface area (Å²) >= 11 is 0. The lowest BCUT2D eigenvalue weighted by Crippen LogP contribution is -2.44. The average Bonchev–Trinajstić information content (AvgIpc) is 2.87. The number of rotatable bonds is 4. The minimum absolute atomic E-state index is 0.0149.